The maximum Gasteiger partial charge on any atom is 0.339 e. The number of carbonyl (C=O) groups excluding carboxylic acids is 1. The van der Waals surface area contributed by atoms with Crippen LogP contribution in [0.5, 0.6) is 0 Å². The van der Waals surface area contributed by atoms with E-state index in [2.05, 4.69) is 16.9 Å². The number of aliphatic hydroxyl groups excluding tert-OH is 6. The number of ether oxygens (including phenoxy) is 4. The van der Waals surface area contributed by atoms with Gasteiger partial charge in [-0.05, 0) is 32.1 Å². The maximum atomic E-state index is 13.7. The van der Waals surface area contributed by atoms with Crippen molar-refractivity contribution in [3.05, 3.63) is 59.7 Å². The minimum Gasteiger partial charge on any atom is -0.478 e. The second-order valence-corrected chi connectivity index (χ2v) is 12.8. The summed E-state index contributed by atoms with van der Waals surface area (Å²) >= 11 is 0. The predicted molar refractivity (Wildman–Crippen MR) is 179 cm³/mol. The summed E-state index contributed by atoms with van der Waals surface area (Å²) in [5.74, 6) is -3.67. The molecule has 11 N–H and O–H groups in total. The molecule has 0 aromatic rings. The predicted octanol–water partition coefficient (Wildman–Crippen LogP) is -2.71. The fraction of sp³-hybridized carbons (Fsp3) is 0.618. The molecule has 0 radical (unpaired) electrons. The van der Waals surface area contributed by atoms with Crippen molar-refractivity contribution < 1.29 is 69.2 Å². The zero-order chi connectivity index (χ0) is 37.1. The van der Waals surface area contributed by atoms with Crippen molar-refractivity contribution in [3.8, 4) is 0 Å². The molecule has 0 spiro atoms. The quantitative estimate of drug-likeness (QED) is 0.0271. The Morgan fingerprint density at radius 3 is 2.47 bits per heavy atom. The molecule has 2 fully saturated rings. The normalized spacial score (nSPS) is 32.2. The summed E-state index contributed by atoms with van der Waals surface area (Å²) in [6.45, 7) is 3.32. The molecule has 1 saturated carbocycles. The minimum absolute atomic E-state index is 0.0138. The number of rotatable bonds is 15. The Labute approximate surface area is 295 Å². The Balaban J connectivity index is 1.71. The monoisotopic (exact) mass is 723 g/mol. The topological polar surface area (TPSA) is 268 Å². The van der Waals surface area contributed by atoms with Crippen molar-refractivity contribution in [3.63, 3.8) is 0 Å². The lowest BCUT2D eigenvalue weighted by molar-refractivity contribution is -0.843. The molecule has 0 aromatic heterocycles. The summed E-state index contributed by atoms with van der Waals surface area (Å²) in [6.07, 6.45) is 2.82. The van der Waals surface area contributed by atoms with E-state index >= 15 is 0 Å². The van der Waals surface area contributed by atoms with Crippen LogP contribution in [0, 0.1) is 11.8 Å². The van der Waals surface area contributed by atoms with Crippen LogP contribution in [0.1, 0.15) is 38.5 Å². The van der Waals surface area contributed by atoms with Crippen molar-refractivity contribution >= 4 is 17.9 Å². The average molecular weight is 724 g/mol. The van der Waals surface area contributed by atoms with E-state index in [1.54, 1.807) is 18.4 Å². The summed E-state index contributed by atoms with van der Waals surface area (Å²) in [7, 11) is 0. The highest BCUT2D eigenvalue weighted by Gasteiger charge is 2.47. The van der Waals surface area contributed by atoms with E-state index in [0.29, 0.717) is 29.7 Å². The van der Waals surface area contributed by atoms with Crippen molar-refractivity contribution in [2.75, 3.05) is 39.5 Å². The summed E-state index contributed by atoms with van der Waals surface area (Å²) in [5, 5.41) is 72.6. The number of allylic oxidation sites excluding steroid dienone is 2. The Kier molecular flexibility index (Phi) is 15.2. The number of esters is 1. The number of guanidine groups is 1. The zero-order valence-electron chi connectivity index (χ0n) is 28.4. The van der Waals surface area contributed by atoms with Crippen LogP contribution < -0.4 is 16.0 Å². The van der Waals surface area contributed by atoms with Gasteiger partial charge in [-0.1, -0.05) is 24.6 Å². The van der Waals surface area contributed by atoms with E-state index in [-0.39, 0.29) is 61.8 Å². The molecule has 51 heavy (non-hydrogen) atoms. The third-order valence-corrected chi connectivity index (χ3v) is 9.25. The molecular weight excluding hydrogens is 672 g/mol. The number of carbonyl (C=O) groups is 2. The lowest BCUT2D eigenvalue weighted by Gasteiger charge is -2.42. The van der Waals surface area contributed by atoms with Gasteiger partial charge in [0.25, 0.3) is 0 Å². The molecule has 1 aliphatic carbocycles. The van der Waals surface area contributed by atoms with Crippen LogP contribution in [0.2, 0.25) is 0 Å². The Bertz CT molecular complexity index is 1370. The zero-order valence-corrected chi connectivity index (χ0v) is 28.4. The molecule has 284 valence electrons. The number of carboxylic acid groups (broad SMARTS) is 1. The third-order valence-electron chi connectivity index (χ3n) is 9.25. The fourth-order valence-corrected chi connectivity index (χ4v) is 6.44. The van der Waals surface area contributed by atoms with Gasteiger partial charge < -0.3 is 70.6 Å². The second-order valence-electron chi connectivity index (χ2n) is 12.8. The molecule has 4 aliphatic rings. The molecule has 3 heterocycles. The lowest BCUT2D eigenvalue weighted by Crippen LogP contribution is -3.09. The third kappa shape index (κ3) is 10.2. The van der Waals surface area contributed by atoms with Crippen molar-refractivity contribution in [2.45, 2.75) is 81.6 Å². The summed E-state index contributed by atoms with van der Waals surface area (Å²) in [6, 6.07) is 0. The van der Waals surface area contributed by atoms with E-state index in [0.717, 1.165) is 19.3 Å². The van der Waals surface area contributed by atoms with Crippen molar-refractivity contribution in [2.24, 2.45) is 22.6 Å². The minimum atomic E-state index is -1.72. The molecule has 0 amide bonds. The summed E-state index contributed by atoms with van der Waals surface area (Å²) < 4.78 is 23.2. The van der Waals surface area contributed by atoms with Crippen LogP contribution in [0.3, 0.4) is 0 Å². The average Bonchev–Trinajstić information content (AvgIpc) is 3.12. The first-order valence-electron chi connectivity index (χ1n) is 17.2. The Hall–Kier alpha value is -3.65. The number of nitrogens with two attached hydrogens (primary N) is 1. The largest absolute Gasteiger partial charge is 0.478 e. The lowest BCUT2D eigenvalue weighted by atomic mass is 9.83. The molecule has 3 aliphatic heterocycles. The summed E-state index contributed by atoms with van der Waals surface area (Å²) in [5.41, 5.74) is 6.64. The highest BCUT2D eigenvalue weighted by atomic mass is 16.8. The standard InChI is InChI=1S/C34H50N4O13/c1-2-21-22(10-9-19-15-38(12-14-40)16-23(30(45)46)26(19)37-34(35)36-11-6-13-39)24(31(47)49-20-7-4-3-5-8-20)18-48-32(21)51-33-29(44)28(43)27(42)25(17-41)50-33/h2,9-10,15,18,20-22,25,27-29,32-33,39-44H,1,3-8,11-14,16-17H2,(H,45,46)(H3,35,36,37)/p+1/b10-9+/t21-,22+,25-,27-,28+,29-,32+,33+/m1/s1. The number of aliphatic carboxylic acids is 1. The van der Waals surface area contributed by atoms with Gasteiger partial charge in [0.15, 0.2) is 12.2 Å². The summed E-state index contributed by atoms with van der Waals surface area (Å²) in [4.78, 5) is 30.9. The van der Waals surface area contributed by atoms with Gasteiger partial charge in [-0.15, -0.1) is 6.58 Å². The van der Waals surface area contributed by atoms with Crippen LogP contribution in [-0.4, -0.2) is 136 Å². The number of carboxylic acids is 1. The molecular formula is C34H51N4O13+. The van der Waals surface area contributed by atoms with Gasteiger partial charge in [-0.2, -0.15) is 0 Å². The van der Waals surface area contributed by atoms with E-state index < -0.39 is 67.4 Å². The molecule has 17 heteroatoms. The first-order valence-corrected chi connectivity index (χ1v) is 17.2. The van der Waals surface area contributed by atoms with Crippen LogP contribution in [0.4, 0.5) is 0 Å². The van der Waals surface area contributed by atoms with Crippen LogP contribution in [-0.2, 0) is 28.5 Å². The Morgan fingerprint density at radius 1 is 1.08 bits per heavy atom. The highest BCUT2D eigenvalue weighted by molar-refractivity contribution is 5.92. The van der Waals surface area contributed by atoms with Crippen LogP contribution >= 0.6 is 0 Å². The molecule has 1 saturated heterocycles. The number of aliphatic imine (C=N–C) groups is 1. The van der Waals surface area contributed by atoms with Gasteiger partial charge in [0.05, 0.1) is 42.2 Å². The molecule has 4 rings (SSSR count). The number of nitrogens with one attached hydrogen (secondary N) is 2. The smallest absolute Gasteiger partial charge is 0.339 e. The van der Waals surface area contributed by atoms with Gasteiger partial charge in [0, 0.05) is 19.1 Å². The molecule has 0 aromatic carbocycles. The number of hydrogen-bond donors (Lipinski definition) is 10. The maximum absolute atomic E-state index is 13.7. The Morgan fingerprint density at radius 2 is 1.82 bits per heavy atom. The van der Waals surface area contributed by atoms with Crippen LogP contribution in [0.25, 0.3) is 0 Å². The molecule has 1 unspecified atom stereocenters. The van der Waals surface area contributed by atoms with Crippen LogP contribution in [0.15, 0.2) is 64.7 Å². The van der Waals surface area contributed by atoms with E-state index in [9.17, 15) is 40.2 Å². The first-order chi connectivity index (χ1) is 24.5. The van der Waals surface area contributed by atoms with E-state index in [4.69, 9.17) is 29.8 Å². The van der Waals surface area contributed by atoms with Gasteiger partial charge in [0.2, 0.25) is 6.29 Å². The van der Waals surface area contributed by atoms with E-state index in [1.165, 1.54) is 12.3 Å². The number of hydrogen-bond acceptors (Lipinski definition) is 13. The van der Waals surface area contributed by atoms with Gasteiger partial charge in [-0.25, -0.2) is 9.59 Å². The van der Waals surface area contributed by atoms with Gasteiger partial charge >= 0.3 is 11.9 Å². The molecule has 0 bridgehead atoms. The SMILES string of the molecule is C=C[C@H]1[C@H](O[C@@H]2O[C@H](CO)[C@@H](O)[C@H](O)[C@H]2O)OC=C(C(=O)OC2CCCCC2)[C@H]1/C=C/C1=C[NH+](CCO)CC(C(=O)O)=C1NC(N)=NCCCO. The second kappa shape index (κ2) is 19.3. The number of nitrogens with zero attached hydrogens (tertiary/aromatic N) is 1. The highest BCUT2D eigenvalue weighted by Crippen LogP contribution is 2.37. The van der Waals surface area contributed by atoms with Crippen molar-refractivity contribution in [1.29, 1.82) is 0 Å². The number of aliphatic hydroxyl groups is 6. The van der Waals surface area contributed by atoms with Gasteiger partial charge in [0.1, 0.15) is 55.4 Å². The van der Waals surface area contributed by atoms with Gasteiger partial charge in [-0.3, -0.25) is 4.99 Å². The molecule has 17 nitrogen and oxygen atoms in total. The first kappa shape index (κ1) is 40.1. The number of quaternary nitrogens is 1. The van der Waals surface area contributed by atoms with E-state index in [1.807, 2.05) is 0 Å². The molecule has 9 atom stereocenters. The fourth-order valence-electron chi connectivity index (χ4n) is 6.44. The van der Waals surface area contributed by atoms with Crippen molar-refractivity contribution in [1.82, 2.24) is 5.32 Å².